The number of H-pyrrole nitrogens is 1. The number of carbonyl (C=O) groups excluding carboxylic acids is 2. The highest BCUT2D eigenvalue weighted by Gasteiger charge is 2.52. The van der Waals surface area contributed by atoms with Crippen LogP contribution in [-0.4, -0.2) is 86.7 Å². The SMILES string of the molecule is CO[C@H]1[C@@H](O)[C@H](n2ccc(=O)[nH]c2=O)O[C@@H]1C(O[C@H]1OC(C(=O)NCc2ccco2)=C[C@H](O)[C@@H]1O)C(N)=O. The van der Waals surface area contributed by atoms with Gasteiger partial charge in [0.2, 0.25) is 12.2 Å². The minimum atomic E-state index is -1.79. The summed E-state index contributed by atoms with van der Waals surface area (Å²) in [5, 5.41) is 33.9. The summed E-state index contributed by atoms with van der Waals surface area (Å²) in [6.07, 6.45) is -9.20. The summed E-state index contributed by atoms with van der Waals surface area (Å²) in [7, 11) is 1.19. The van der Waals surface area contributed by atoms with E-state index in [4.69, 9.17) is 29.1 Å². The molecule has 4 rings (SSSR count). The first-order valence-electron chi connectivity index (χ1n) is 11.3. The van der Waals surface area contributed by atoms with Crippen LogP contribution < -0.4 is 22.3 Å². The third-order valence-corrected chi connectivity index (χ3v) is 5.93. The van der Waals surface area contributed by atoms with E-state index in [0.717, 1.165) is 22.9 Å². The van der Waals surface area contributed by atoms with Gasteiger partial charge < -0.3 is 49.7 Å². The molecule has 0 radical (unpaired) electrons. The van der Waals surface area contributed by atoms with Crippen LogP contribution in [0.25, 0.3) is 0 Å². The number of aliphatic hydroxyl groups excluding tert-OH is 3. The largest absolute Gasteiger partial charge is 0.467 e. The van der Waals surface area contributed by atoms with E-state index in [0.29, 0.717) is 5.76 Å². The molecule has 2 aliphatic rings. The van der Waals surface area contributed by atoms with Crippen LogP contribution >= 0.6 is 0 Å². The molecule has 1 saturated heterocycles. The van der Waals surface area contributed by atoms with E-state index in [1.807, 2.05) is 4.98 Å². The lowest BCUT2D eigenvalue weighted by Crippen LogP contribution is -2.54. The second-order valence-corrected chi connectivity index (χ2v) is 8.42. The summed E-state index contributed by atoms with van der Waals surface area (Å²) in [6, 6.07) is 4.27. The monoisotopic (exact) mass is 538 g/mol. The van der Waals surface area contributed by atoms with Crippen LogP contribution in [0.4, 0.5) is 0 Å². The Bertz CT molecular complexity index is 1290. The Kier molecular flexibility index (Phi) is 8.10. The van der Waals surface area contributed by atoms with Crippen molar-refractivity contribution >= 4 is 11.8 Å². The molecule has 2 aliphatic heterocycles. The van der Waals surface area contributed by atoms with Crippen LogP contribution in [0.15, 0.2) is 56.5 Å². The maximum Gasteiger partial charge on any atom is 0.330 e. The number of ether oxygens (including phenoxy) is 4. The number of aliphatic hydroxyl groups is 3. The van der Waals surface area contributed by atoms with Crippen LogP contribution in [0.3, 0.4) is 0 Å². The van der Waals surface area contributed by atoms with E-state index in [1.54, 1.807) is 12.1 Å². The number of furan rings is 1. The van der Waals surface area contributed by atoms with E-state index in [-0.39, 0.29) is 6.54 Å². The van der Waals surface area contributed by atoms with Crippen LogP contribution in [0.1, 0.15) is 12.0 Å². The molecule has 0 aliphatic carbocycles. The molecule has 16 heteroatoms. The quantitative estimate of drug-likeness (QED) is 0.183. The van der Waals surface area contributed by atoms with Crippen molar-refractivity contribution in [3.8, 4) is 0 Å². The Morgan fingerprint density at radius 3 is 2.63 bits per heavy atom. The molecule has 16 nitrogen and oxygen atoms in total. The minimum absolute atomic E-state index is 0.00452. The molecule has 4 heterocycles. The Morgan fingerprint density at radius 1 is 1.24 bits per heavy atom. The standard InChI is InChI=1S/C22H26N4O12/c1-34-15-14(30)20(26-5-4-12(28)25-22(26)33)37-16(15)17(18(23)31)38-21-13(29)10(27)7-11(36-21)19(32)24-8-9-3-2-6-35-9/h2-7,10,13-17,20-21,27,29-30H,8H2,1H3,(H2,23,31)(H,24,32)(H,25,28,33)/t10-,13-,14+,15-,16-,17?,20+,21+/m0/s1. The second kappa shape index (κ2) is 11.3. The Labute approximate surface area is 213 Å². The molecule has 1 fully saturated rings. The zero-order chi connectivity index (χ0) is 27.6. The lowest BCUT2D eigenvalue weighted by atomic mass is 10.0. The number of rotatable bonds is 9. The highest BCUT2D eigenvalue weighted by Crippen LogP contribution is 2.34. The van der Waals surface area contributed by atoms with Crippen molar-refractivity contribution in [2.24, 2.45) is 5.73 Å². The van der Waals surface area contributed by atoms with Crippen molar-refractivity contribution in [1.29, 1.82) is 0 Å². The molecule has 8 atom stereocenters. The lowest BCUT2D eigenvalue weighted by Gasteiger charge is -2.35. The van der Waals surface area contributed by atoms with Crippen LogP contribution in [0.5, 0.6) is 0 Å². The van der Waals surface area contributed by atoms with Crippen molar-refractivity contribution in [2.75, 3.05) is 7.11 Å². The van der Waals surface area contributed by atoms with Gasteiger partial charge >= 0.3 is 5.69 Å². The molecular formula is C22H26N4O12. The summed E-state index contributed by atoms with van der Waals surface area (Å²) < 4.78 is 27.9. The molecule has 0 bridgehead atoms. The predicted octanol–water partition coefficient (Wildman–Crippen LogP) is -3.45. The van der Waals surface area contributed by atoms with Crippen molar-refractivity contribution in [1.82, 2.24) is 14.9 Å². The number of methoxy groups -OCH3 is 1. The summed E-state index contributed by atoms with van der Waals surface area (Å²) in [5.41, 5.74) is 3.92. The predicted molar refractivity (Wildman–Crippen MR) is 122 cm³/mol. The van der Waals surface area contributed by atoms with Gasteiger partial charge in [-0.1, -0.05) is 0 Å². The molecule has 0 aromatic carbocycles. The maximum atomic E-state index is 12.5. The number of nitrogens with two attached hydrogens (primary N) is 1. The summed E-state index contributed by atoms with van der Waals surface area (Å²) in [6.45, 7) is -0.00452. The number of aromatic amines is 1. The van der Waals surface area contributed by atoms with Gasteiger partial charge in [-0.15, -0.1) is 0 Å². The van der Waals surface area contributed by atoms with Crippen LogP contribution in [-0.2, 0) is 35.1 Å². The number of hydrogen-bond acceptors (Lipinski definition) is 12. The van der Waals surface area contributed by atoms with Crippen molar-refractivity contribution in [3.05, 3.63) is 69.1 Å². The molecule has 2 amide bonds. The molecule has 0 spiro atoms. The van der Waals surface area contributed by atoms with Gasteiger partial charge in [0, 0.05) is 19.4 Å². The zero-order valence-electron chi connectivity index (χ0n) is 19.8. The Hall–Kier alpha value is -3.80. The Balaban J connectivity index is 1.52. The van der Waals surface area contributed by atoms with E-state index >= 15 is 0 Å². The van der Waals surface area contributed by atoms with Crippen LogP contribution in [0.2, 0.25) is 0 Å². The Morgan fingerprint density at radius 2 is 2.00 bits per heavy atom. The van der Waals surface area contributed by atoms with Gasteiger partial charge in [-0.05, 0) is 18.2 Å². The number of hydrogen-bond donors (Lipinski definition) is 6. The highest BCUT2D eigenvalue weighted by molar-refractivity contribution is 5.91. The fraction of sp³-hybridized carbons (Fsp3) is 0.455. The minimum Gasteiger partial charge on any atom is -0.467 e. The lowest BCUT2D eigenvalue weighted by molar-refractivity contribution is -0.241. The van der Waals surface area contributed by atoms with Crippen molar-refractivity contribution in [2.45, 2.75) is 55.7 Å². The molecule has 1 unspecified atom stereocenters. The normalized spacial score (nSPS) is 29.8. The van der Waals surface area contributed by atoms with Gasteiger partial charge in [-0.2, -0.15) is 0 Å². The third kappa shape index (κ3) is 5.54. The average Bonchev–Trinajstić information content (AvgIpc) is 3.50. The number of carbonyl (C=O) groups is 2. The fourth-order valence-corrected chi connectivity index (χ4v) is 4.06. The van der Waals surface area contributed by atoms with Crippen LogP contribution in [0, 0.1) is 0 Å². The first-order chi connectivity index (χ1) is 18.1. The maximum absolute atomic E-state index is 12.5. The smallest absolute Gasteiger partial charge is 0.330 e. The van der Waals surface area contributed by atoms with Gasteiger partial charge in [-0.3, -0.25) is 23.9 Å². The molecule has 2 aromatic rings. The molecule has 2 aromatic heterocycles. The van der Waals surface area contributed by atoms with Crippen molar-refractivity contribution < 1.29 is 48.3 Å². The van der Waals surface area contributed by atoms with E-state index in [2.05, 4.69) is 5.32 Å². The summed E-state index contributed by atoms with van der Waals surface area (Å²) >= 11 is 0. The van der Waals surface area contributed by atoms with Gasteiger partial charge in [0.1, 0.15) is 36.3 Å². The molecule has 206 valence electrons. The topological polar surface area (TPSA) is 238 Å². The zero-order valence-corrected chi connectivity index (χ0v) is 19.8. The molecule has 38 heavy (non-hydrogen) atoms. The summed E-state index contributed by atoms with van der Waals surface area (Å²) in [4.78, 5) is 50.6. The third-order valence-electron chi connectivity index (χ3n) is 5.93. The number of amides is 2. The first-order valence-corrected chi connectivity index (χ1v) is 11.3. The fourth-order valence-electron chi connectivity index (χ4n) is 4.06. The van der Waals surface area contributed by atoms with Crippen molar-refractivity contribution in [3.63, 3.8) is 0 Å². The van der Waals surface area contributed by atoms with Gasteiger partial charge in [0.25, 0.3) is 11.5 Å². The van der Waals surface area contributed by atoms with E-state index in [9.17, 15) is 34.5 Å². The average molecular weight is 538 g/mol. The number of nitrogens with zero attached hydrogens (tertiary/aromatic N) is 1. The van der Waals surface area contributed by atoms with E-state index in [1.165, 1.54) is 13.4 Å². The molecular weight excluding hydrogens is 512 g/mol. The van der Waals surface area contributed by atoms with Gasteiger partial charge in [0.05, 0.1) is 12.8 Å². The number of aromatic nitrogens is 2. The first kappa shape index (κ1) is 27.2. The highest BCUT2D eigenvalue weighted by atomic mass is 16.7. The second-order valence-electron chi connectivity index (χ2n) is 8.42. The molecule has 0 saturated carbocycles. The molecule has 7 N–H and O–H groups in total. The van der Waals surface area contributed by atoms with Gasteiger partial charge in [-0.25, -0.2) is 4.79 Å². The number of primary amides is 1. The van der Waals surface area contributed by atoms with E-state index < -0.39 is 78.0 Å². The summed E-state index contributed by atoms with van der Waals surface area (Å²) in [5.74, 6) is -1.90. The number of nitrogens with one attached hydrogen (secondary N) is 2. The van der Waals surface area contributed by atoms with Gasteiger partial charge in [0.15, 0.2) is 18.1 Å².